The van der Waals surface area contributed by atoms with Crippen LogP contribution < -0.4 is 0 Å². The number of hydrogen-bond acceptors (Lipinski definition) is 4. The summed E-state index contributed by atoms with van der Waals surface area (Å²) in [5, 5.41) is 8.62. The van der Waals surface area contributed by atoms with E-state index in [9.17, 15) is 4.79 Å². The van der Waals surface area contributed by atoms with Gasteiger partial charge in [-0.25, -0.2) is 4.79 Å². The lowest BCUT2D eigenvalue weighted by Gasteiger charge is -2.31. The van der Waals surface area contributed by atoms with E-state index in [-0.39, 0.29) is 0 Å². The zero-order valence-electron chi connectivity index (χ0n) is 11.7. The van der Waals surface area contributed by atoms with Crippen molar-refractivity contribution in [2.45, 2.75) is 19.4 Å². The molecule has 0 amide bonds. The summed E-state index contributed by atoms with van der Waals surface area (Å²) >= 11 is 1.66. The highest BCUT2D eigenvalue weighted by Crippen LogP contribution is 2.23. The normalized spacial score (nSPS) is 20.6. The van der Waals surface area contributed by atoms with Gasteiger partial charge < -0.3 is 9.84 Å². The predicted octanol–water partition coefficient (Wildman–Crippen LogP) is 2.70. The largest absolute Gasteiger partial charge is 0.478 e. The van der Waals surface area contributed by atoms with Gasteiger partial charge in [-0.15, -0.1) is 11.3 Å². The fourth-order valence-electron chi connectivity index (χ4n) is 2.61. The van der Waals surface area contributed by atoms with E-state index in [1.165, 1.54) is 23.8 Å². The lowest BCUT2D eigenvalue weighted by Crippen LogP contribution is -2.36. The van der Waals surface area contributed by atoms with Gasteiger partial charge in [0.25, 0.3) is 0 Å². The van der Waals surface area contributed by atoms with Crippen LogP contribution in [0, 0.1) is 5.92 Å². The minimum absolute atomic E-state index is 0.639. The maximum Gasteiger partial charge on any atom is 0.328 e. The van der Waals surface area contributed by atoms with Gasteiger partial charge in [0.05, 0.1) is 6.61 Å². The smallest absolute Gasteiger partial charge is 0.328 e. The summed E-state index contributed by atoms with van der Waals surface area (Å²) in [6, 6.07) is 4.07. The number of hydrogen-bond donors (Lipinski definition) is 1. The minimum atomic E-state index is -0.904. The van der Waals surface area contributed by atoms with Crippen molar-refractivity contribution in [1.29, 1.82) is 0 Å². The average molecular weight is 295 g/mol. The Bertz CT molecular complexity index is 467. The van der Waals surface area contributed by atoms with E-state index in [1.807, 2.05) is 6.07 Å². The monoisotopic (exact) mass is 295 g/mol. The van der Waals surface area contributed by atoms with E-state index in [0.29, 0.717) is 5.92 Å². The topological polar surface area (TPSA) is 49.8 Å². The Morgan fingerprint density at radius 1 is 1.60 bits per heavy atom. The van der Waals surface area contributed by atoms with E-state index < -0.39 is 5.97 Å². The van der Waals surface area contributed by atoms with Crippen LogP contribution in [0.1, 0.15) is 22.6 Å². The number of carbonyl (C=O) groups is 1. The van der Waals surface area contributed by atoms with Crippen molar-refractivity contribution in [2.75, 3.05) is 26.8 Å². The van der Waals surface area contributed by atoms with Crippen LogP contribution in [-0.2, 0) is 16.1 Å². The molecule has 1 aliphatic heterocycles. The van der Waals surface area contributed by atoms with Crippen molar-refractivity contribution in [3.05, 3.63) is 28.0 Å². The zero-order chi connectivity index (χ0) is 14.4. The first kappa shape index (κ1) is 15.2. The van der Waals surface area contributed by atoms with Crippen LogP contribution in [0.25, 0.3) is 6.08 Å². The minimum Gasteiger partial charge on any atom is -0.478 e. The molecule has 0 aliphatic carbocycles. The second kappa shape index (κ2) is 7.57. The fourth-order valence-corrected chi connectivity index (χ4v) is 3.57. The van der Waals surface area contributed by atoms with Crippen molar-refractivity contribution < 1.29 is 14.6 Å². The average Bonchev–Trinajstić information content (AvgIpc) is 2.85. The summed E-state index contributed by atoms with van der Waals surface area (Å²) in [7, 11) is 1.76. The second-order valence-electron chi connectivity index (χ2n) is 5.17. The first-order chi connectivity index (χ1) is 9.67. The van der Waals surface area contributed by atoms with E-state index in [4.69, 9.17) is 9.84 Å². The second-order valence-corrected chi connectivity index (χ2v) is 6.37. The molecule has 0 saturated carbocycles. The van der Waals surface area contributed by atoms with Gasteiger partial charge in [-0.3, -0.25) is 4.90 Å². The summed E-state index contributed by atoms with van der Waals surface area (Å²) in [6.45, 7) is 4.02. The molecular weight excluding hydrogens is 274 g/mol. The molecule has 1 fully saturated rings. The van der Waals surface area contributed by atoms with E-state index in [2.05, 4.69) is 11.0 Å². The molecular formula is C15H21NO3S. The summed E-state index contributed by atoms with van der Waals surface area (Å²) in [5.74, 6) is -0.265. The molecule has 1 atom stereocenters. The molecule has 0 spiro atoms. The Kier molecular flexibility index (Phi) is 5.76. The first-order valence-electron chi connectivity index (χ1n) is 6.88. The number of ether oxygens (including phenoxy) is 1. The maximum absolute atomic E-state index is 10.5. The standard InChI is InChI=1S/C15H21NO3S/c1-19-11-12-3-2-8-16(9-12)10-14-5-4-13(20-14)6-7-15(17)18/h4-7,12H,2-3,8-11H2,1H3,(H,17,18)/b7-6+. The molecule has 0 bridgehead atoms. The molecule has 5 heteroatoms. The van der Waals surface area contributed by atoms with Crippen LogP contribution in [0.4, 0.5) is 0 Å². The Morgan fingerprint density at radius 3 is 3.20 bits per heavy atom. The Balaban J connectivity index is 1.88. The van der Waals surface area contributed by atoms with Crippen LogP contribution in [0.2, 0.25) is 0 Å². The summed E-state index contributed by atoms with van der Waals surface area (Å²) < 4.78 is 5.25. The summed E-state index contributed by atoms with van der Waals surface area (Å²) in [6.07, 6.45) is 5.32. The van der Waals surface area contributed by atoms with E-state index in [1.54, 1.807) is 24.5 Å². The molecule has 1 unspecified atom stereocenters. The van der Waals surface area contributed by atoms with Gasteiger partial charge in [0.15, 0.2) is 0 Å². The Morgan fingerprint density at radius 2 is 2.45 bits per heavy atom. The van der Waals surface area contributed by atoms with E-state index >= 15 is 0 Å². The highest BCUT2D eigenvalue weighted by molar-refractivity contribution is 7.12. The van der Waals surface area contributed by atoms with Gasteiger partial charge in [-0.2, -0.15) is 0 Å². The van der Waals surface area contributed by atoms with Crippen LogP contribution in [0.3, 0.4) is 0 Å². The van der Waals surface area contributed by atoms with Gasteiger partial charge in [0.2, 0.25) is 0 Å². The van der Waals surface area contributed by atoms with Gasteiger partial charge in [-0.05, 0) is 43.5 Å². The number of nitrogens with zero attached hydrogens (tertiary/aromatic N) is 1. The highest BCUT2D eigenvalue weighted by atomic mass is 32.1. The van der Waals surface area contributed by atoms with Crippen molar-refractivity contribution in [2.24, 2.45) is 5.92 Å². The Labute approximate surface area is 123 Å². The van der Waals surface area contributed by atoms with E-state index in [0.717, 1.165) is 31.1 Å². The number of carboxylic acid groups (broad SMARTS) is 1. The van der Waals surface area contributed by atoms with Gasteiger partial charge in [0, 0.05) is 36.0 Å². The molecule has 1 saturated heterocycles. The molecule has 110 valence electrons. The Hall–Kier alpha value is -1.17. The maximum atomic E-state index is 10.5. The molecule has 4 nitrogen and oxygen atoms in total. The number of carboxylic acids is 1. The SMILES string of the molecule is COCC1CCCN(Cc2ccc(/C=C/C(=O)O)s2)C1. The van der Waals surface area contributed by atoms with Crippen molar-refractivity contribution in [1.82, 2.24) is 4.90 Å². The molecule has 2 heterocycles. The first-order valence-corrected chi connectivity index (χ1v) is 7.70. The third-order valence-electron chi connectivity index (χ3n) is 3.46. The number of rotatable bonds is 6. The van der Waals surface area contributed by atoms with Crippen molar-refractivity contribution in [3.63, 3.8) is 0 Å². The van der Waals surface area contributed by atoms with Crippen molar-refractivity contribution >= 4 is 23.4 Å². The van der Waals surface area contributed by atoms with Crippen molar-refractivity contribution in [3.8, 4) is 0 Å². The van der Waals surface area contributed by atoms with Crippen LogP contribution in [0.5, 0.6) is 0 Å². The lowest BCUT2D eigenvalue weighted by atomic mass is 9.99. The number of likely N-dealkylation sites (tertiary alicyclic amines) is 1. The molecule has 1 N–H and O–H groups in total. The molecule has 0 radical (unpaired) electrons. The zero-order valence-corrected chi connectivity index (χ0v) is 12.6. The quantitative estimate of drug-likeness (QED) is 0.820. The van der Waals surface area contributed by atoms with Crippen LogP contribution in [0.15, 0.2) is 18.2 Å². The molecule has 20 heavy (non-hydrogen) atoms. The van der Waals surface area contributed by atoms with Gasteiger partial charge in [0.1, 0.15) is 0 Å². The van der Waals surface area contributed by atoms with Crippen LogP contribution in [-0.4, -0.2) is 42.8 Å². The highest BCUT2D eigenvalue weighted by Gasteiger charge is 2.20. The molecule has 0 aromatic carbocycles. The third kappa shape index (κ3) is 4.74. The van der Waals surface area contributed by atoms with Gasteiger partial charge >= 0.3 is 5.97 Å². The number of aliphatic carboxylic acids is 1. The van der Waals surface area contributed by atoms with Gasteiger partial charge in [-0.1, -0.05) is 0 Å². The summed E-state index contributed by atoms with van der Waals surface area (Å²) in [5.41, 5.74) is 0. The molecule has 1 aromatic rings. The fraction of sp³-hybridized carbons (Fsp3) is 0.533. The number of methoxy groups -OCH3 is 1. The molecule has 1 aromatic heterocycles. The third-order valence-corrected chi connectivity index (χ3v) is 4.49. The number of thiophene rings is 1. The predicted molar refractivity (Wildman–Crippen MR) is 80.9 cm³/mol. The molecule has 2 rings (SSSR count). The van der Waals surface area contributed by atoms with Crippen LogP contribution >= 0.6 is 11.3 Å². The summed E-state index contributed by atoms with van der Waals surface area (Å²) in [4.78, 5) is 15.2. The number of piperidine rings is 1. The lowest BCUT2D eigenvalue weighted by molar-refractivity contribution is -0.131. The molecule has 1 aliphatic rings.